The molecule has 3 heterocycles. The highest BCUT2D eigenvalue weighted by Gasteiger charge is 2.20. The minimum atomic E-state index is 0.726. The summed E-state index contributed by atoms with van der Waals surface area (Å²) in [6.07, 6.45) is 5.02. The summed E-state index contributed by atoms with van der Waals surface area (Å²) in [5.41, 5.74) is 2.44. The van der Waals surface area contributed by atoms with Crippen LogP contribution in [0.5, 0.6) is 0 Å². The second kappa shape index (κ2) is 6.39. The van der Waals surface area contributed by atoms with Crippen molar-refractivity contribution in [2.75, 3.05) is 26.3 Å². The topological polar surface area (TPSA) is 30.3 Å². The molecule has 0 saturated carbocycles. The van der Waals surface area contributed by atoms with Crippen LogP contribution in [0.25, 0.3) is 11.0 Å². The highest BCUT2D eigenvalue weighted by atomic mass is 16.5. The van der Waals surface area contributed by atoms with Crippen molar-refractivity contribution in [3.63, 3.8) is 0 Å². The van der Waals surface area contributed by atoms with Gasteiger partial charge in [0.25, 0.3) is 0 Å². The molecule has 2 aromatic rings. The maximum atomic E-state index is 5.51. The van der Waals surface area contributed by atoms with Gasteiger partial charge in [0.15, 0.2) is 0 Å². The van der Waals surface area contributed by atoms with Gasteiger partial charge in [-0.15, -0.1) is 0 Å². The van der Waals surface area contributed by atoms with Crippen LogP contribution < -0.4 is 0 Å². The molecule has 2 aliphatic heterocycles. The number of rotatable bonds is 4. The summed E-state index contributed by atoms with van der Waals surface area (Å²) in [5.74, 6) is 1.97. The van der Waals surface area contributed by atoms with Crippen molar-refractivity contribution in [3.05, 3.63) is 30.1 Å². The maximum absolute atomic E-state index is 5.51. The normalized spacial score (nSPS) is 20.9. The minimum absolute atomic E-state index is 0.726. The van der Waals surface area contributed by atoms with Gasteiger partial charge in [-0.1, -0.05) is 12.1 Å². The number of para-hydroxylation sites is 2. The molecule has 2 fully saturated rings. The van der Waals surface area contributed by atoms with Gasteiger partial charge in [-0.2, -0.15) is 0 Å². The lowest BCUT2D eigenvalue weighted by Gasteiger charge is -2.24. The third kappa shape index (κ3) is 2.90. The van der Waals surface area contributed by atoms with Crippen LogP contribution in [0.15, 0.2) is 24.3 Å². The van der Waals surface area contributed by atoms with Crippen molar-refractivity contribution in [1.82, 2.24) is 14.5 Å². The molecule has 0 unspecified atom stereocenters. The molecule has 2 aliphatic rings. The van der Waals surface area contributed by atoms with Crippen LogP contribution in [0.3, 0.4) is 0 Å². The zero-order valence-electron chi connectivity index (χ0n) is 13.2. The fraction of sp³-hybridized carbons (Fsp3) is 0.611. The average molecular weight is 299 g/mol. The Hall–Kier alpha value is -1.39. The van der Waals surface area contributed by atoms with Crippen LogP contribution in [-0.4, -0.2) is 40.8 Å². The summed E-state index contributed by atoms with van der Waals surface area (Å²) in [6.45, 7) is 6.36. The number of ether oxygens (including phenoxy) is 1. The molecule has 0 atom stereocenters. The SMILES string of the molecule is c1ccc2c(c1)nc(CN1CCCC1)n2CC1CCOCC1. The number of hydrogen-bond acceptors (Lipinski definition) is 3. The number of fused-ring (bicyclic) bond motifs is 1. The first-order chi connectivity index (χ1) is 10.9. The van der Waals surface area contributed by atoms with Crippen molar-refractivity contribution in [3.8, 4) is 0 Å². The predicted octanol–water partition coefficient (Wildman–Crippen LogP) is 3.06. The van der Waals surface area contributed by atoms with E-state index in [-0.39, 0.29) is 0 Å². The predicted molar refractivity (Wildman–Crippen MR) is 87.8 cm³/mol. The third-order valence-electron chi connectivity index (χ3n) is 5.08. The van der Waals surface area contributed by atoms with Crippen LogP contribution in [-0.2, 0) is 17.8 Å². The molecule has 118 valence electrons. The number of aromatic nitrogens is 2. The quantitative estimate of drug-likeness (QED) is 0.869. The lowest BCUT2D eigenvalue weighted by Crippen LogP contribution is -2.24. The summed E-state index contributed by atoms with van der Waals surface area (Å²) in [4.78, 5) is 7.48. The molecule has 4 nitrogen and oxygen atoms in total. The molecule has 1 aromatic heterocycles. The van der Waals surface area contributed by atoms with Gasteiger partial charge >= 0.3 is 0 Å². The van der Waals surface area contributed by atoms with Crippen molar-refractivity contribution >= 4 is 11.0 Å². The lowest BCUT2D eigenvalue weighted by atomic mass is 10.0. The van der Waals surface area contributed by atoms with E-state index in [0.29, 0.717) is 0 Å². The fourth-order valence-corrected chi connectivity index (χ4v) is 3.78. The highest BCUT2D eigenvalue weighted by Crippen LogP contribution is 2.24. The molecule has 0 radical (unpaired) electrons. The Balaban J connectivity index is 1.63. The number of hydrogen-bond donors (Lipinski definition) is 0. The van der Waals surface area contributed by atoms with Crippen molar-refractivity contribution in [2.45, 2.75) is 38.8 Å². The monoisotopic (exact) mass is 299 g/mol. The van der Waals surface area contributed by atoms with E-state index in [1.165, 1.54) is 50.1 Å². The molecule has 0 bridgehead atoms. The molecule has 1 aromatic carbocycles. The molecule has 2 saturated heterocycles. The molecule has 0 aliphatic carbocycles. The Labute approximate surface area is 132 Å². The minimum Gasteiger partial charge on any atom is -0.381 e. The molecular formula is C18H25N3O. The van der Waals surface area contributed by atoms with Gasteiger partial charge in [0.1, 0.15) is 5.82 Å². The van der Waals surface area contributed by atoms with Crippen LogP contribution in [0.1, 0.15) is 31.5 Å². The van der Waals surface area contributed by atoms with E-state index in [2.05, 4.69) is 33.7 Å². The van der Waals surface area contributed by atoms with E-state index < -0.39 is 0 Å². The van der Waals surface area contributed by atoms with E-state index in [0.717, 1.165) is 37.7 Å². The third-order valence-corrected chi connectivity index (χ3v) is 5.08. The number of nitrogens with zero attached hydrogens (tertiary/aromatic N) is 3. The lowest BCUT2D eigenvalue weighted by molar-refractivity contribution is 0.0611. The van der Waals surface area contributed by atoms with Crippen molar-refractivity contribution in [1.29, 1.82) is 0 Å². The van der Waals surface area contributed by atoms with E-state index in [4.69, 9.17) is 9.72 Å². The van der Waals surface area contributed by atoms with E-state index in [1.807, 2.05) is 0 Å². The first-order valence-corrected chi connectivity index (χ1v) is 8.64. The van der Waals surface area contributed by atoms with Gasteiger partial charge in [0.05, 0.1) is 17.6 Å². The smallest absolute Gasteiger partial charge is 0.124 e. The summed E-state index contributed by atoms with van der Waals surface area (Å²) in [6, 6.07) is 8.58. The number of benzene rings is 1. The molecule has 4 heteroatoms. The van der Waals surface area contributed by atoms with Gasteiger partial charge in [0, 0.05) is 19.8 Å². The largest absolute Gasteiger partial charge is 0.381 e. The van der Waals surface area contributed by atoms with Gasteiger partial charge in [-0.05, 0) is 56.8 Å². The summed E-state index contributed by atoms with van der Waals surface area (Å²) >= 11 is 0. The molecule has 22 heavy (non-hydrogen) atoms. The Morgan fingerprint density at radius 3 is 2.68 bits per heavy atom. The summed E-state index contributed by atoms with van der Waals surface area (Å²) < 4.78 is 7.99. The van der Waals surface area contributed by atoms with E-state index >= 15 is 0 Å². The Morgan fingerprint density at radius 2 is 1.86 bits per heavy atom. The fourth-order valence-electron chi connectivity index (χ4n) is 3.78. The Bertz CT molecular complexity index is 624. The Kier molecular flexibility index (Phi) is 4.13. The zero-order chi connectivity index (χ0) is 14.8. The second-order valence-electron chi connectivity index (χ2n) is 6.67. The molecule has 0 N–H and O–H groups in total. The van der Waals surface area contributed by atoms with Gasteiger partial charge in [0.2, 0.25) is 0 Å². The first-order valence-electron chi connectivity index (χ1n) is 8.64. The first kappa shape index (κ1) is 14.2. The standard InChI is InChI=1S/C18H25N3O/c1-2-6-17-16(5-1)19-18(14-20-9-3-4-10-20)21(17)13-15-7-11-22-12-8-15/h1-2,5-6,15H,3-4,7-14H2. The second-order valence-corrected chi connectivity index (χ2v) is 6.67. The summed E-state index contributed by atoms with van der Waals surface area (Å²) in [5, 5.41) is 0. The number of imidazole rings is 1. The molecular weight excluding hydrogens is 274 g/mol. The molecule has 0 amide bonds. The molecule has 0 spiro atoms. The number of likely N-dealkylation sites (tertiary alicyclic amines) is 1. The van der Waals surface area contributed by atoms with Gasteiger partial charge in [-0.25, -0.2) is 4.98 Å². The average Bonchev–Trinajstić information content (AvgIpc) is 3.18. The Morgan fingerprint density at radius 1 is 1.09 bits per heavy atom. The van der Waals surface area contributed by atoms with Crippen molar-refractivity contribution < 1.29 is 4.74 Å². The zero-order valence-corrected chi connectivity index (χ0v) is 13.2. The van der Waals surface area contributed by atoms with Crippen molar-refractivity contribution in [2.24, 2.45) is 5.92 Å². The van der Waals surface area contributed by atoms with E-state index in [1.54, 1.807) is 0 Å². The maximum Gasteiger partial charge on any atom is 0.124 e. The van der Waals surface area contributed by atoms with Crippen LogP contribution in [0, 0.1) is 5.92 Å². The van der Waals surface area contributed by atoms with Gasteiger partial charge in [-0.3, -0.25) is 4.90 Å². The van der Waals surface area contributed by atoms with Crippen LogP contribution >= 0.6 is 0 Å². The van der Waals surface area contributed by atoms with E-state index in [9.17, 15) is 0 Å². The van der Waals surface area contributed by atoms with Crippen LogP contribution in [0.2, 0.25) is 0 Å². The molecule has 4 rings (SSSR count). The van der Waals surface area contributed by atoms with Gasteiger partial charge < -0.3 is 9.30 Å². The summed E-state index contributed by atoms with van der Waals surface area (Å²) in [7, 11) is 0. The van der Waals surface area contributed by atoms with Crippen LogP contribution in [0.4, 0.5) is 0 Å². The highest BCUT2D eigenvalue weighted by molar-refractivity contribution is 5.75.